The Labute approximate surface area is 248 Å². The van der Waals surface area contributed by atoms with Gasteiger partial charge in [0.15, 0.2) is 0 Å². The van der Waals surface area contributed by atoms with Crippen molar-refractivity contribution in [1.82, 2.24) is 0 Å². The van der Waals surface area contributed by atoms with E-state index in [1.165, 1.54) is 90.3 Å². The van der Waals surface area contributed by atoms with E-state index in [4.69, 9.17) is 5.26 Å². The Kier molecular flexibility index (Phi) is 9.74. The topological polar surface area (TPSA) is 23.8 Å². The van der Waals surface area contributed by atoms with Gasteiger partial charge in [-0.15, -0.1) is 0 Å². The summed E-state index contributed by atoms with van der Waals surface area (Å²) >= 11 is 0. The second kappa shape index (κ2) is 13.8. The Morgan fingerprint density at radius 1 is 0.463 bits per heavy atom. The molecule has 0 heterocycles. The zero-order chi connectivity index (χ0) is 28.6. The molecular weight excluding hydrogens is 494 g/mol. The summed E-state index contributed by atoms with van der Waals surface area (Å²) in [5.74, 6) is 3.37. The number of hydrogen-bond acceptors (Lipinski definition) is 1. The third-order valence-corrected chi connectivity index (χ3v) is 9.53. The second-order valence-corrected chi connectivity index (χ2v) is 12.7. The van der Waals surface area contributed by atoms with Gasteiger partial charge in [0.05, 0.1) is 11.6 Å². The lowest BCUT2D eigenvalue weighted by atomic mass is 9.79. The van der Waals surface area contributed by atoms with Crippen LogP contribution in [0.3, 0.4) is 0 Å². The molecule has 0 aliphatic heterocycles. The number of rotatable bonds is 4. The minimum Gasteiger partial charge on any atom is -0.192 e. The highest BCUT2D eigenvalue weighted by molar-refractivity contribution is 5.65. The normalized spacial score (nSPS) is 22.2. The van der Waals surface area contributed by atoms with Gasteiger partial charge in [0.2, 0.25) is 0 Å². The summed E-state index contributed by atoms with van der Waals surface area (Å²) in [5, 5.41) is 8.85. The van der Waals surface area contributed by atoms with Gasteiger partial charge in [-0.25, -0.2) is 0 Å². The number of nitrogens with zero attached hydrogens (tertiary/aromatic N) is 1. The minimum absolute atomic E-state index is 0.715. The van der Waals surface area contributed by atoms with Crippen molar-refractivity contribution in [1.29, 1.82) is 5.26 Å². The molecule has 4 aromatic rings. The first-order chi connectivity index (χ1) is 20.0. The molecule has 0 radical (unpaired) electrons. The Bertz CT molecular complexity index is 1390. The van der Waals surface area contributed by atoms with E-state index >= 15 is 0 Å². The van der Waals surface area contributed by atoms with E-state index in [2.05, 4.69) is 99.6 Å². The van der Waals surface area contributed by atoms with Gasteiger partial charge in [0.25, 0.3) is 0 Å². The molecule has 2 aliphatic rings. The predicted octanol–water partition coefficient (Wildman–Crippen LogP) is 11.5. The summed E-state index contributed by atoms with van der Waals surface area (Å²) in [6.07, 6.45) is 10.9. The molecule has 0 N–H and O–H groups in total. The highest BCUT2D eigenvalue weighted by Gasteiger charge is 2.20. The van der Waals surface area contributed by atoms with E-state index in [0.717, 1.165) is 23.7 Å². The lowest BCUT2D eigenvalue weighted by Gasteiger charge is -2.26. The molecule has 1 heteroatoms. The van der Waals surface area contributed by atoms with E-state index in [0.29, 0.717) is 5.56 Å². The van der Waals surface area contributed by atoms with E-state index in [9.17, 15) is 0 Å². The monoisotopic (exact) mass is 539 g/mol. The number of aryl methyl sites for hydroxylation is 1. The third-order valence-electron chi connectivity index (χ3n) is 9.53. The SMILES string of the molecule is CC1CCC(c2ccc(-c3ccc(C#N)cc3)cc2)CC1.Cc1ccc(-c2ccc(C3CCC(C)CC3)cc2)cc1. The van der Waals surface area contributed by atoms with Gasteiger partial charge in [-0.3, -0.25) is 0 Å². The van der Waals surface area contributed by atoms with Gasteiger partial charge in [-0.1, -0.05) is 130 Å². The molecule has 41 heavy (non-hydrogen) atoms. The van der Waals surface area contributed by atoms with Crippen LogP contribution in [0, 0.1) is 30.1 Å². The van der Waals surface area contributed by atoms with E-state index < -0.39 is 0 Å². The van der Waals surface area contributed by atoms with E-state index in [1.54, 1.807) is 0 Å². The molecule has 0 amide bonds. The Hall–Kier alpha value is -3.63. The zero-order valence-corrected chi connectivity index (χ0v) is 25.2. The van der Waals surface area contributed by atoms with E-state index in [-0.39, 0.29) is 0 Å². The average Bonchev–Trinajstić information content (AvgIpc) is 3.03. The lowest BCUT2D eigenvalue weighted by Crippen LogP contribution is -2.10. The van der Waals surface area contributed by atoms with Crippen molar-refractivity contribution in [3.63, 3.8) is 0 Å². The molecule has 0 atom stereocenters. The highest BCUT2D eigenvalue weighted by atomic mass is 14.3. The zero-order valence-electron chi connectivity index (χ0n) is 25.2. The smallest absolute Gasteiger partial charge is 0.0991 e. The fraction of sp³-hybridized carbons (Fsp3) is 0.375. The van der Waals surface area contributed by atoms with Crippen LogP contribution < -0.4 is 0 Å². The van der Waals surface area contributed by atoms with Crippen molar-refractivity contribution in [3.8, 4) is 28.3 Å². The van der Waals surface area contributed by atoms with Crippen molar-refractivity contribution in [2.24, 2.45) is 11.8 Å². The summed E-state index contributed by atoms with van der Waals surface area (Å²) < 4.78 is 0. The standard InChI is InChI=1S/C20H21N.C20H24/c1-15-2-6-17(7-3-15)19-10-12-20(13-11-19)18-8-4-16(14-21)5-9-18;1-15-3-7-17(8-4-15)19-11-13-20(14-12-19)18-9-5-16(2)6-10-18/h4-5,8-13,15,17H,2-3,6-7H2,1H3;3-4,7-8,11-14,16,18H,5-6,9-10H2,1-2H3. The first-order valence-electron chi connectivity index (χ1n) is 15.8. The quantitative estimate of drug-likeness (QED) is 0.253. The van der Waals surface area contributed by atoms with Crippen LogP contribution in [0.2, 0.25) is 0 Å². The lowest BCUT2D eigenvalue weighted by molar-refractivity contribution is 0.348. The largest absolute Gasteiger partial charge is 0.192 e. The highest BCUT2D eigenvalue weighted by Crippen LogP contribution is 2.37. The van der Waals surface area contributed by atoms with Crippen LogP contribution in [0.15, 0.2) is 97.1 Å². The van der Waals surface area contributed by atoms with Crippen LogP contribution in [-0.4, -0.2) is 0 Å². The molecule has 2 saturated carbocycles. The molecule has 210 valence electrons. The van der Waals surface area contributed by atoms with Gasteiger partial charge in [0.1, 0.15) is 0 Å². The summed E-state index contributed by atoms with van der Waals surface area (Å²) in [4.78, 5) is 0. The number of hydrogen-bond donors (Lipinski definition) is 0. The minimum atomic E-state index is 0.715. The van der Waals surface area contributed by atoms with Gasteiger partial charge in [-0.05, 0) is 102 Å². The molecule has 6 rings (SSSR count). The van der Waals surface area contributed by atoms with Crippen LogP contribution in [0.4, 0.5) is 0 Å². The number of nitriles is 1. The first-order valence-corrected chi connectivity index (χ1v) is 15.8. The fourth-order valence-electron chi connectivity index (χ4n) is 6.57. The molecule has 2 fully saturated rings. The van der Waals surface area contributed by atoms with Gasteiger partial charge in [-0.2, -0.15) is 5.26 Å². The van der Waals surface area contributed by atoms with Crippen molar-refractivity contribution in [2.45, 2.75) is 84.0 Å². The van der Waals surface area contributed by atoms with Crippen LogP contribution in [-0.2, 0) is 0 Å². The molecule has 0 unspecified atom stereocenters. The summed E-state index contributed by atoms with van der Waals surface area (Å²) in [7, 11) is 0. The maximum Gasteiger partial charge on any atom is 0.0991 e. The maximum atomic E-state index is 8.85. The second-order valence-electron chi connectivity index (χ2n) is 12.7. The molecule has 0 aromatic heterocycles. The molecular formula is C40H45N. The molecule has 0 spiro atoms. The summed E-state index contributed by atoms with van der Waals surface area (Å²) in [6.45, 7) is 6.89. The van der Waals surface area contributed by atoms with Crippen molar-refractivity contribution in [2.75, 3.05) is 0 Å². The summed E-state index contributed by atoms with van der Waals surface area (Å²) in [6, 6.07) is 37.0. The molecule has 0 saturated heterocycles. The molecule has 0 bridgehead atoms. The molecule has 1 nitrogen and oxygen atoms in total. The van der Waals surface area contributed by atoms with Crippen molar-refractivity contribution in [3.05, 3.63) is 119 Å². The van der Waals surface area contributed by atoms with Crippen molar-refractivity contribution < 1.29 is 0 Å². The van der Waals surface area contributed by atoms with Gasteiger partial charge >= 0.3 is 0 Å². The van der Waals surface area contributed by atoms with Crippen LogP contribution in [0.5, 0.6) is 0 Å². The van der Waals surface area contributed by atoms with E-state index in [1.807, 2.05) is 24.3 Å². The maximum absolute atomic E-state index is 8.85. The van der Waals surface area contributed by atoms with Crippen LogP contribution in [0.1, 0.15) is 99.3 Å². The van der Waals surface area contributed by atoms with Gasteiger partial charge in [0, 0.05) is 0 Å². The third kappa shape index (κ3) is 7.77. The average molecular weight is 540 g/mol. The van der Waals surface area contributed by atoms with Crippen LogP contribution >= 0.6 is 0 Å². The Morgan fingerprint density at radius 2 is 0.780 bits per heavy atom. The Morgan fingerprint density at radius 3 is 1.12 bits per heavy atom. The fourth-order valence-corrected chi connectivity index (χ4v) is 6.57. The Balaban J connectivity index is 0.000000165. The number of benzene rings is 4. The predicted molar refractivity (Wildman–Crippen MR) is 174 cm³/mol. The molecule has 2 aliphatic carbocycles. The summed E-state index contributed by atoms with van der Waals surface area (Å²) in [5.41, 5.74) is 10.1. The van der Waals surface area contributed by atoms with Crippen LogP contribution in [0.25, 0.3) is 22.3 Å². The van der Waals surface area contributed by atoms with Crippen molar-refractivity contribution >= 4 is 0 Å². The first kappa shape index (κ1) is 28.9. The molecule has 4 aromatic carbocycles. The van der Waals surface area contributed by atoms with Gasteiger partial charge < -0.3 is 0 Å².